The third kappa shape index (κ3) is 2.59. The van der Waals surface area contributed by atoms with E-state index < -0.39 is 9.84 Å². The molecule has 0 aromatic heterocycles. The quantitative estimate of drug-likeness (QED) is 0.877. The smallest absolute Gasteiger partial charge is 0.180 e. The Labute approximate surface area is 106 Å². The van der Waals surface area contributed by atoms with E-state index in [0.717, 1.165) is 6.26 Å². The van der Waals surface area contributed by atoms with E-state index in [1.54, 1.807) is 12.1 Å². The summed E-state index contributed by atoms with van der Waals surface area (Å²) in [6.45, 7) is 0.794. The summed E-state index contributed by atoms with van der Waals surface area (Å²) in [6.07, 6.45) is 2.17. The Morgan fingerprint density at radius 2 is 2.00 bits per heavy atom. The van der Waals surface area contributed by atoms with Crippen LogP contribution in [0.3, 0.4) is 0 Å². The molecule has 0 bridgehead atoms. The Hall–Kier alpha value is -1.27. The molecule has 6 heteroatoms. The van der Waals surface area contributed by atoms with E-state index >= 15 is 0 Å². The van der Waals surface area contributed by atoms with Crippen LogP contribution in [0.5, 0.6) is 11.5 Å². The Kier molecular flexibility index (Phi) is 3.77. The summed E-state index contributed by atoms with van der Waals surface area (Å²) in [5.74, 6) is 0.772. The van der Waals surface area contributed by atoms with Crippen molar-refractivity contribution in [1.82, 2.24) is 0 Å². The molecule has 0 atom stereocenters. The minimum Gasteiger partial charge on any atom is -0.486 e. The van der Waals surface area contributed by atoms with Gasteiger partial charge in [-0.15, -0.1) is 0 Å². The van der Waals surface area contributed by atoms with Gasteiger partial charge in [0, 0.05) is 12.9 Å². The Morgan fingerprint density at radius 1 is 1.28 bits per heavy atom. The first-order chi connectivity index (χ1) is 8.54. The SMILES string of the molecule is CS(=O)(=O)c1c(CCCO)ccc2c1OCCO2. The second kappa shape index (κ2) is 5.16. The molecule has 0 unspecified atom stereocenters. The summed E-state index contributed by atoms with van der Waals surface area (Å²) in [5.41, 5.74) is 0.663. The predicted molar refractivity (Wildman–Crippen MR) is 65.9 cm³/mol. The first-order valence-electron chi connectivity index (χ1n) is 5.76. The van der Waals surface area contributed by atoms with E-state index in [1.807, 2.05) is 0 Å². The summed E-state index contributed by atoms with van der Waals surface area (Å²) >= 11 is 0. The largest absolute Gasteiger partial charge is 0.486 e. The van der Waals surface area contributed by atoms with Crippen LogP contribution in [0, 0.1) is 0 Å². The lowest BCUT2D eigenvalue weighted by molar-refractivity contribution is 0.166. The van der Waals surface area contributed by atoms with Crippen LogP contribution in [-0.2, 0) is 16.3 Å². The van der Waals surface area contributed by atoms with Gasteiger partial charge >= 0.3 is 0 Å². The fourth-order valence-electron chi connectivity index (χ4n) is 2.00. The van der Waals surface area contributed by atoms with Gasteiger partial charge in [0.2, 0.25) is 0 Å². The minimum absolute atomic E-state index is 0.0254. The van der Waals surface area contributed by atoms with E-state index in [2.05, 4.69) is 0 Å². The van der Waals surface area contributed by atoms with Crippen molar-refractivity contribution < 1.29 is 23.0 Å². The molecule has 5 nitrogen and oxygen atoms in total. The fourth-order valence-corrected chi connectivity index (χ4v) is 3.15. The zero-order chi connectivity index (χ0) is 13.2. The van der Waals surface area contributed by atoms with Crippen molar-refractivity contribution >= 4 is 9.84 Å². The number of benzene rings is 1. The van der Waals surface area contributed by atoms with Crippen LogP contribution >= 0.6 is 0 Å². The van der Waals surface area contributed by atoms with Crippen molar-refractivity contribution in [3.05, 3.63) is 17.7 Å². The Balaban J connectivity index is 2.54. The first kappa shape index (κ1) is 13.2. The van der Waals surface area contributed by atoms with Crippen LogP contribution < -0.4 is 9.47 Å². The molecular formula is C12H16O5S. The van der Waals surface area contributed by atoms with Gasteiger partial charge in [-0.05, 0) is 24.5 Å². The molecule has 2 rings (SSSR count). The molecule has 1 aliphatic heterocycles. The molecule has 100 valence electrons. The molecule has 1 aromatic rings. The van der Waals surface area contributed by atoms with Gasteiger partial charge in [-0.3, -0.25) is 0 Å². The molecule has 1 heterocycles. The Bertz CT molecular complexity index is 536. The number of aliphatic hydroxyl groups is 1. The van der Waals surface area contributed by atoms with Crippen LogP contribution in [0.2, 0.25) is 0 Å². The topological polar surface area (TPSA) is 72.8 Å². The second-order valence-electron chi connectivity index (χ2n) is 4.18. The summed E-state index contributed by atoms with van der Waals surface area (Å²) < 4.78 is 34.6. The zero-order valence-electron chi connectivity index (χ0n) is 10.2. The van der Waals surface area contributed by atoms with Crippen LogP contribution in [0.1, 0.15) is 12.0 Å². The second-order valence-corrected chi connectivity index (χ2v) is 6.13. The van der Waals surface area contributed by atoms with Gasteiger partial charge in [0.1, 0.15) is 18.1 Å². The highest BCUT2D eigenvalue weighted by Gasteiger charge is 2.25. The van der Waals surface area contributed by atoms with E-state index in [4.69, 9.17) is 14.6 Å². The number of aryl methyl sites for hydroxylation is 1. The molecule has 1 aromatic carbocycles. The summed E-state index contributed by atoms with van der Waals surface area (Å²) in [4.78, 5) is 0.188. The first-order valence-corrected chi connectivity index (χ1v) is 7.65. The molecule has 0 radical (unpaired) electrons. The van der Waals surface area contributed by atoms with Crippen molar-refractivity contribution in [2.75, 3.05) is 26.1 Å². The number of fused-ring (bicyclic) bond motifs is 1. The average Bonchev–Trinajstić information content (AvgIpc) is 2.34. The van der Waals surface area contributed by atoms with Crippen LogP contribution in [0.4, 0.5) is 0 Å². The van der Waals surface area contributed by atoms with Crippen LogP contribution in [0.25, 0.3) is 0 Å². The van der Waals surface area contributed by atoms with E-state index in [9.17, 15) is 8.42 Å². The lowest BCUT2D eigenvalue weighted by Gasteiger charge is -2.22. The van der Waals surface area contributed by atoms with Crippen LogP contribution in [0.15, 0.2) is 17.0 Å². The number of rotatable bonds is 4. The van der Waals surface area contributed by atoms with Gasteiger partial charge in [0.25, 0.3) is 0 Å². The van der Waals surface area contributed by atoms with Crippen molar-refractivity contribution in [2.45, 2.75) is 17.7 Å². The van der Waals surface area contributed by atoms with Crippen molar-refractivity contribution in [3.63, 3.8) is 0 Å². The van der Waals surface area contributed by atoms with Gasteiger partial charge in [-0.25, -0.2) is 8.42 Å². The molecular weight excluding hydrogens is 256 g/mol. The summed E-state index contributed by atoms with van der Waals surface area (Å²) in [6, 6.07) is 3.44. The third-order valence-corrected chi connectivity index (χ3v) is 3.91. The van der Waals surface area contributed by atoms with Gasteiger partial charge in [0.15, 0.2) is 21.3 Å². The third-order valence-electron chi connectivity index (χ3n) is 2.72. The lowest BCUT2D eigenvalue weighted by atomic mass is 10.1. The fraction of sp³-hybridized carbons (Fsp3) is 0.500. The molecule has 1 aliphatic rings. The normalized spacial score (nSPS) is 14.6. The standard InChI is InChI=1S/C12H16O5S/c1-18(14,15)12-9(3-2-6-13)4-5-10-11(12)17-8-7-16-10/h4-5,13H,2-3,6-8H2,1H3. The zero-order valence-corrected chi connectivity index (χ0v) is 11.0. The number of hydrogen-bond acceptors (Lipinski definition) is 5. The van der Waals surface area contributed by atoms with Crippen molar-refractivity contribution in [2.24, 2.45) is 0 Å². The van der Waals surface area contributed by atoms with E-state index in [0.29, 0.717) is 43.1 Å². The molecule has 18 heavy (non-hydrogen) atoms. The molecule has 0 aliphatic carbocycles. The number of hydrogen-bond donors (Lipinski definition) is 1. The molecule has 0 saturated heterocycles. The molecule has 0 fully saturated rings. The average molecular weight is 272 g/mol. The molecule has 0 spiro atoms. The summed E-state index contributed by atoms with van der Waals surface area (Å²) in [5, 5.41) is 8.85. The maximum Gasteiger partial charge on any atom is 0.180 e. The number of sulfone groups is 1. The number of ether oxygens (including phenoxy) is 2. The van der Waals surface area contributed by atoms with Gasteiger partial charge < -0.3 is 14.6 Å². The highest BCUT2D eigenvalue weighted by atomic mass is 32.2. The number of aliphatic hydroxyl groups excluding tert-OH is 1. The maximum atomic E-state index is 11.9. The van der Waals surface area contributed by atoms with Crippen molar-refractivity contribution in [3.8, 4) is 11.5 Å². The van der Waals surface area contributed by atoms with E-state index in [-0.39, 0.29) is 11.5 Å². The molecule has 0 saturated carbocycles. The van der Waals surface area contributed by atoms with Gasteiger partial charge in [-0.1, -0.05) is 6.07 Å². The molecule has 1 N–H and O–H groups in total. The van der Waals surface area contributed by atoms with Gasteiger partial charge in [0.05, 0.1) is 0 Å². The molecule has 0 amide bonds. The lowest BCUT2D eigenvalue weighted by Crippen LogP contribution is -2.18. The predicted octanol–water partition coefficient (Wildman–Crippen LogP) is 0.786. The summed E-state index contributed by atoms with van der Waals surface area (Å²) in [7, 11) is -3.39. The van der Waals surface area contributed by atoms with Gasteiger partial charge in [-0.2, -0.15) is 0 Å². The minimum atomic E-state index is -3.39. The van der Waals surface area contributed by atoms with E-state index in [1.165, 1.54) is 0 Å². The highest BCUT2D eigenvalue weighted by molar-refractivity contribution is 7.90. The Morgan fingerprint density at radius 3 is 2.67 bits per heavy atom. The highest BCUT2D eigenvalue weighted by Crippen LogP contribution is 2.39. The maximum absolute atomic E-state index is 11.9. The van der Waals surface area contributed by atoms with Crippen LogP contribution in [-0.4, -0.2) is 39.6 Å². The van der Waals surface area contributed by atoms with Crippen molar-refractivity contribution in [1.29, 1.82) is 0 Å². The monoisotopic (exact) mass is 272 g/mol.